The third-order valence-corrected chi connectivity index (χ3v) is 4.07. The van der Waals surface area contributed by atoms with Crippen LogP contribution in [0.1, 0.15) is 75.7 Å². The number of hydrogen-bond donors (Lipinski definition) is 0. The molecule has 1 saturated carbocycles. The lowest BCUT2D eigenvalue weighted by molar-refractivity contribution is -0.0946. The second-order valence-corrected chi connectivity index (χ2v) is 10.8. The fourth-order valence-electron chi connectivity index (χ4n) is 3.07. The summed E-state index contributed by atoms with van der Waals surface area (Å²) in [6, 6.07) is 0. The van der Waals surface area contributed by atoms with E-state index < -0.39 is 53.4 Å². The number of carbonyl (C=O) groups excluding carboxylic acids is 3. The van der Waals surface area contributed by atoms with E-state index in [2.05, 4.69) is 0 Å². The van der Waals surface area contributed by atoms with Crippen molar-refractivity contribution in [1.82, 2.24) is 0 Å². The maximum Gasteiger partial charge on any atom is 0.509 e. The van der Waals surface area contributed by atoms with Crippen LogP contribution in [0.15, 0.2) is 0 Å². The summed E-state index contributed by atoms with van der Waals surface area (Å²) in [5.41, 5.74) is -2.19. The molecule has 0 aromatic carbocycles. The van der Waals surface area contributed by atoms with Gasteiger partial charge in [0.05, 0.1) is 0 Å². The van der Waals surface area contributed by atoms with Crippen molar-refractivity contribution in [3.8, 4) is 0 Å². The van der Waals surface area contributed by atoms with Crippen LogP contribution in [0, 0.1) is 11.8 Å². The molecule has 0 bridgehead atoms. The molecule has 0 aromatic heterocycles. The zero-order valence-corrected chi connectivity index (χ0v) is 20.4. The maximum absolute atomic E-state index is 12.3. The Morgan fingerprint density at radius 2 is 1.06 bits per heavy atom. The minimum Gasteiger partial charge on any atom is -0.434 e. The molecule has 1 rings (SSSR count). The Labute approximate surface area is 185 Å². The van der Waals surface area contributed by atoms with Gasteiger partial charge in [0.1, 0.15) is 35.6 Å². The SMILES string of the molecule is C[C@@H]1C[C@H](COC(=O)OC(C)(C)C)[C@@H](OC(=O)OC(C)(C)C)[C@H]1OC(=O)OC(C)(C)C. The van der Waals surface area contributed by atoms with Gasteiger partial charge in [0.2, 0.25) is 0 Å². The molecule has 0 spiro atoms. The van der Waals surface area contributed by atoms with Crippen molar-refractivity contribution in [2.24, 2.45) is 11.8 Å². The van der Waals surface area contributed by atoms with Crippen LogP contribution < -0.4 is 0 Å². The van der Waals surface area contributed by atoms with Crippen LogP contribution in [0.25, 0.3) is 0 Å². The second-order valence-electron chi connectivity index (χ2n) is 10.8. The van der Waals surface area contributed by atoms with Crippen molar-refractivity contribution in [1.29, 1.82) is 0 Å². The first-order chi connectivity index (χ1) is 13.9. The van der Waals surface area contributed by atoms with E-state index in [0.29, 0.717) is 6.42 Å². The molecule has 9 heteroatoms. The molecule has 0 radical (unpaired) electrons. The van der Waals surface area contributed by atoms with Gasteiger partial charge in [0.25, 0.3) is 0 Å². The highest BCUT2D eigenvalue weighted by molar-refractivity contribution is 5.62. The third kappa shape index (κ3) is 10.6. The van der Waals surface area contributed by atoms with Crippen LogP contribution in [0.3, 0.4) is 0 Å². The third-order valence-electron chi connectivity index (χ3n) is 4.07. The van der Waals surface area contributed by atoms with Crippen molar-refractivity contribution >= 4 is 18.5 Å². The van der Waals surface area contributed by atoms with E-state index in [0.717, 1.165) is 0 Å². The smallest absolute Gasteiger partial charge is 0.434 e. The average molecular weight is 447 g/mol. The summed E-state index contributed by atoms with van der Waals surface area (Å²) in [4.78, 5) is 36.5. The van der Waals surface area contributed by atoms with E-state index in [1.165, 1.54) is 0 Å². The highest BCUT2D eigenvalue weighted by atomic mass is 16.8. The molecule has 0 heterocycles. The number of hydrogen-bond acceptors (Lipinski definition) is 9. The molecule has 0 N–H and O–H groups in total. The zero-order chi connectivity index (χ0) is 24.2. The molecule has 0 aliphatic heterocycles. The quantitative estimate of drug-likeness (QED) is 0.423. The van der Waals surface area contributed by atoms with Crippen LogP contribution in [0.5, 0.6) is 0 Å². The lowest BCUT2D eigenvalue weighted by Crippen LogP contribution is -2.40. The van der Waals surface area contributed by atoms with E-state index in [4.69, 9.17) is 28.4 Å². The van der Waals surface area contributed by atoms with Gasteiger partial charge in [-0.05, 0) is 74.7 Å². The van der Waals surface area contributed by atoms with Gasteiger partial charge in [0.15, 0.2) is 0 Å². The molecule has 1 aliphatic carbocycles. The van der Waals surface area contributed by atoms with Gasteiger partial charge in [0, 0.05) is 5.92 Å². The summed E-state index contributed by atoms with van der Waals surface area (Å²) in [5, 5.41) is 0. The summed E-state index contributed by atoms with van der Waals surface area (Å²) >= 11 is 0. The summed E-state index contributed by atoms with van der Waals surface area (Å²) in [6.45, 7) is 17.3. The fraction of sp³-hybridized carbons (Fsp3) is 0.864. The highest BCUT2D eigenvalue weighted by Gasteiger charge is 2.48. The number of carbonyl (C=O) groups is 3. The lowest BCUT2D eigenvalue weighted by Gasteiger charge is -2.28. The molecule has 180 valence electrons. The Balaban J connectivity index is 2.92. The van der Waals surface area contributed by atoms with Crippen molar-refractivity contribution in [3.63, 3.8) is 0 Å². The van der Waals surface area contributed by atoms with E-state index >= 15 is 0 Å². The largest absolute Gasteiger partial charge is 0.509 e. The van der Waals surface area contributed by atoms with Gasteiger partial charge in [-0.25, -0.2) is 14.4 Å². The molecule has 31 heavy (non-hydrogen) atoms. The molecule has 1 fully saturated rings. The van der Waals surface area contributed by atoms with E-state index in [9.17, 15) is 14.4 Å². The lowest BCUT2D eigenvalue weighted by atomic mass is 10.1. The Bertz CT molecular complexity index is 637. The fourth-order valence-corrected chi connectivity index (χ4v) is 3.07. The second kappa shape index (κ2) is 9.96. The Morgan fingerprint density at radius 3 is 1.48 bits per heavy atom. The first kappa shape index (κ1) is 26.8. The first-order valence-electron chi connectivity index (χ1n) is 10.5. The van der Waals surface area contributed by atoms with Gasteiger partial charge in [-0.3, -0.25) is 0 Å². The van der Waals surface area contributed by atoms with Crippen LogP contribution in [0.4, 0.5) is 14.4 Å². The van der Waals surface area contributed by atoms with Gasteiger partial charge in [-0.15, -0.1) is 0 Å². The van der Waals surface area contributed by atoms with Gasteiger partial charge in [-0.1, -0.05) is 6.92 Å². The summed E-state index contributed by atoms with van der Waals surface area (Å²) < 4.78 is 31.9. The van der Waals surface area contributed by atoms with E-state index in [1.807, 2.05) is 6.92 Å². The van der Waals surface area contributed by atoms with Crippen LogP contribution in [-0.4, -0.2) is 54.1 Å². The van der Waals surface area contributed by atoms with E-state index in [-0.39, 0.29) is 12.5 Å². The summed E-state index contributed by atoms with van der Waals surface area (Å²) in [5.74, 6) is -0.588. The van der Waals surface area contributed by atoms with Crippen LogP contribution in [0.2, 0.25) is 0 Å². The number of rotatable bonds is 4. The molecule has 4 atom stereocenters. The van der Waals surface area contributed by atoms with Crippen molar-refractivity contribution < 1.29 is 42.8 Å². The van der Waals surface area contributed by atoms with E-state index in [1.54, 1.807) is 62.3 Å². The molecule has 0 saturated heterocycles. The van der Waals surface area contributed by atoms with Crippen LogP contribution >= 0.6 is 0 Å². The topological polar surface area (TPSA) is 107 Å². The molecule has 0 aromatic rings. The Morgan fingerprint density at radius 1 is 0.677 bits per heavy atom. The Hall–Kier alpha value is -2.19. The first-order valence-corrected chi connectivity index (χ1v) is 10.5. The summed E-state index contributed by atoms with van der Waals surface area (Å²) in [7, 11) is 0. The Kier molecular flexibility index (Phi) is 8.62. The standard InChI is InChI=1S/C22H38O9/c1-13-11-14(12-26-17(23)29-20(2,3)4)16(28-19(25)31-22(8,9)10)15(13)27-18(24)30-21(5,6)7/h13-16H,11-12H2,1-10H3/t13-,14-,15+,16-/m1/s1. The minimum absolute atomic E-state index is 0.0686. The predicted molar refractivity (Wildman–Crippen MR) is 112 cm³/mol. The molecule has 0 amide bonds. The van der Waals surface area contributed by atoms with Gasteiger partial charge >= 0.3 is 18.5 Å². The molecule has 1 aliphatic rings. The molecule has 9 nitrogen and oxygen atoms in total. The van der Waals surface area contributed by atoms with Crippen molar-refractivity contribution in [2.45, 2.75) is 105 Å². The summed E-state index contributed by atoms with van der Waals surface area (Å²) in [6.07, 6.45) is -3.76. The average Bonchev–Trinajstić information content (AvgIpc) is 2.76. The predicted octanol–water partition coefficient (Wildman–Crippen LogP) is 5.23. The van der Waals surface area contributed by atoms with Gasteiger partial charge in [-0.2, -0.15) is 0 Å². The zero-order valence-electron chi connectivity index (χ0n) is 20.4. The normalized spacial score (nSPS) is 24.2. The van der Waals surface area contributed by atoms with Gasteiger partial charge < -0.3 is 28.4 Å². The van der Waals surface area contributed by atoms with Crippen molar-refractivity contribution in [2.75, 3.05) is 6.61 Å². The molecular formula is C22H38O9. The highest BCUT2D eigenvalue weighted by Crippen LogP contribution is 2.37. The van der Waals surface area contributed by atoms with Crippen LogP contribution in [-0.2, 0) is 28.4 Å². The number of ether oxygens (including phenoxy) is 6. The minimum atomic E-state index is -0.897. The molecular weight excluding hydrogens is 408 g/mol. The maximum atomic E-state index is 12.3. The molecule has 0 unspecified atom stereocenters. The van der Waals surface area contributed by atoms with Crippen molar-refractivity contribution in [3.05, 3.63) is 0 Å². The monoisotopic (exact) mass is 446 g/mol.